The van der Waals surface area contributed by atoms with Gasteiger partial charge in [0.05, 0.1) is 12.2 Å². The third-order valence-corrected chi connectivity index (χ3v) is 3.79. The van der Waals surface area contributed by atoms with Gasteiger partial charge in [-0.25, -0.2) is 4.39 Å². The molecule has 1 fully saturated rings. The van der Waals surface area contributed by atoms with Gasteiger partial charge in [-0.1, -0.05) is 15.9 Å². The van der Waals surface area contributed by atoms with Crippen LogP contribution in [0.3, 0.4) is 0 Å². The van der Waals surface area contributed by atoms with E-state index >= 15 is 0 Å². The maximum atomic E-state index is 14.0. The predicted molar refractivity (Wildman–Crippen MR) is 72.4 cm³/mol. The summed E-state index contributed by atoms with van der Waals surface area (Å²) in [4.78, 5) is 0. The van der Waals surface area contributed by atoms with E-state index in [0.29, 0.717) is 0 Å². The first kappa shape index (κ1) is 18.4. The number of benzene rings is 1. The van der Waals surface area contributed by atoms with Crippen LogP contribution < -0.4 is 4.74 Å². The fourth-order valence-electron chi connectivity index (χ4n) is 2.09. The van der Waals surface area contributed by atoms with Crippen LogP contribution in [0.15, 0.2) is 22.7 Å². The van der Waals surface area contributed by atoms with E-state index in [1.807, 2.05) is 0 Å². The lowest BCUT2D eigenvalue weighted by Gasteiger charge is -2.38. The Bertz CT molecular complexity index is 554. The summed E-state index contributed by atoms with van der Waals surface area (Å²) in [6.07, 6.45) is -14.0. The van der Waals surface area contributed by atoms with E-state index in [9.17, 15) is 27.8 Å². The molecule has 0 bridgehead atoms. The Hall–Kier alpha value is -0.940. The van der Waals surface area contributed by atoms with Gasteiger partial charge >= 0.3 is 6.18 Å². The minimum atomic E-state index is -4.76. The molecule has 1 aliphatic heterocycles. The summed E-state index contributed by atoms with van der Waals surface area (Å²) in [5.74, 6) is -0.700. The molecule has 1 heterocycles. The van der Waals surface area contributed by atoms with Crippen LogP contribution in [0, 0.1) is 0 Å². The standard InChI is InChI=1S/C13H13BrF4O5/c14-5-1-2-7(6(3-5)13(16,17)18)22-12-9(15)11(21)10(20)8(4-19)23-12/h1-3,8-12,19-21H,4H2/t8-,9+,10-,11-,12+/m1/s1. The highest BCUT2D eigenvalue weighted by Crippen LogP contribution is 2.39. The number of aliphatic hydroxyl groups is 3. The zero-order valence-electron chi connectivity index (χ0n) is 11.4. The molecular formula is C13H13BrF4O5. The van der Waals surface area contributed by atoms with Crippen LogP contribution in [-0.4, -0.2) is 52.7 Å². The van der Waals surface area contributed by atoms with Gasteiger partial charge in [-0.2, -0.15) is 13.2 Å². The van der Waals surface area contributed by atoms with E-state index in [-0.39, 0.29) is 4.47 Å². The molecule has 1 aromatic rings. The van der Waals surface area contributed by atoms with Crippen LogP contribution in [0.2, 0.25) is 0 Å². The number of aliphatic hydroxyl groups excluding tert-OH is 3. The zero-order valence-corrected chi connectivity index (χ0v) is 13.0. The van der Waals surface area contributed by atoms with Crippen molar-refractivity contribution in [3.05, 3.63) is 28.2 Å². The highest BCUT2D eigenvalue weighted by Gasteiger charge is 2.47. The highest BCUT2D eigenvalue weighted by atomic mass is 79.9. The van der Waals surface area contributed by atoms with Crippen molar-refractivity contribution in [1.82, 2.24) is 0 Å². The Balaban J connectivity index is 2.28. The number of hydrogen-bond acceptors (Lipinski definition) is 5. The molecule has 1 aliphatic rings. The molecule has 0 unspecified atom stereocenters. The SMILES string of the molecule is OC[C@H]1O[C@H](Oc2ccc(Br)cc2C(F)(F)F)[C@@H](F)[C@@H](O)[C@@H]1O. The molecule has 1 saturated heterocycles. The molecule has 0 spiro atoms. The van der Waals surface area contributed by atoms with Crippen molar-refractivity contribution >= 4 is 15.9 Å². The highest BCUT2D eigenvalue weighted by molar-refractivity contribution is 9.10. The molecule has 10 heteroatoms. The molecule has 5 nitrogen and oxygen atoms in total. The van der Waals surface area contributed by atoms with Crippen LogP contribution >= 0.6 is 15.9 Å². The van der Waals surface area contributed by atoms with Gasteiger partial charge in [0.2, 0.25) is 6.29 Å². The van der Waals surface area contributed by atoms with Gasteiger partial charge in [0, 0.05) is 4.47 Å². The molecule has 130 valence electrons. The third kappa shape index (κ3) is 3.94. The summed E-state index contributed by atoms with van der Waals surface area (Å²) in [5.41, 5.74) is -1.16. The summed E-state index contributed by atoms with van der Waals surface area (Å²) < 4.78 is 62.9. The molecule has 3 N–H and O–H groups in total. The van der Waals surface area contributed by atoms with E-state index in [0.717, 1.165) is 12.1 Å². The van der Waals surface area contributed by atoms with Gasteiger partial charge in [0.1, 0.15) is 24.1 Å². The normalized spacial score (nSPS) is 31.9. The summed E-state index contributed by atoms with van der Waals surface area (Å²) in [7, 11) is 0. The van der Waals surface area contributed by atoms with Crippen LogP contribution in [0.4, 0.5) is 17.6 Å². The molecule has 0 aromatic heterocycles. The van der Waals surface area contributed by atoms with Gasteiger partial charge in [0.25, 0.3) is 0 Å². The molecule has 0 aliphatic carbocycles. The van der Waals surface area contributed by atoms with Gasteiger partial charge < -0.3 is 24.8 Å². The van der Waals surface area contributed by atoms with Crippen molar-refractivity contribution in [2.45, 2.75) is 36.9 Å². The Kier molecular flexibility index (Phi) is 5.52. The van der Waals surface area contributed by atoms with Crippen molar-refractivity contribution in [2.75, 3.05) is 6.61 Å². The lowest BCUT2D eigenvalue weighted by atomic mass is 10.0. The molecule has 0 saturated carbocycles. The van der Waals surface area contributed by atoms with E-state index in [4.69, 9.17) is 14.6 Å². The van der Waals surface area contributed by atoms with Gasteiger partial charge in [-0.15, -0.1) is 0 Å². The van der Waals surface area contributed by atoms with Crippen molar-refractivity contribution in [1.29, 1.82) is 0 Å². The van der Waals surface area contributed by atoms with Crippen molar-refractivity contribution in [3.8, 4) is 5.75 Å². The maximum Gasteiger partial charge on any atom is 0.420 e. The zero-order chi connectivity index (χ0) is 17.4. The van der Waals surface area contributed by atoms with Crippen LogP contribution in [-0.2, 0) is 10.9 Å². The predicted octanol–water partition coefficient (Wildman–Crippen LogP) is 1.62. The third-order valence-electron chi connectivity index (χ3n) is 3.30. The summed E-state index contributed by atoms with van der Waals surface area (Å²) in [6, 6.07) is 2.98. The van der Waals surface area contributed by atoms with Crippen LogP contribution in [0.1, 0.15) is 5.56 Å². The molecule has 23 heavy (non-hydrogen) atoms. The first-order valence-corrected chi connectivity index (χ1v) is 7.24. The van der Waals surface area contributed by atoms with Gasteiger partial charge in [-0.05, 0) is 18.2 Å². The van der Waals surface area contributed by atoms with Gasteiger partial charge in [-0.3, -0.25) is 0 Å². The quantitative estimate of drug-likeness (QED) is 0.667. The molecule has 1 aromatic carbocycles. The average Bonchev–Trinajstić information content (AvgIpc) is 2.48. The number of ether oxygens (including phenoxy) is 2. The average molecular weight is 405 g/mol. The topological polar surface area (TPSA) is 79.2 Å². The Labute approximate surface area is 136 Å². The second kappa shape index (κ2) is 6.89. The van der Waals surface area contributed by atoms with E-state index in [1.165, 1.54) is 6.07 Å². The Morgan fingerprint density at radius 1 is 1.22 bits per heavy atom. The fraction of sp³-hybridized carbons (Fsp3) is 0.538. The Morgan fingerprint density at radius 3 is 2.43 bits per heavy atom. The number of rotatable bonds is 3. The minimum Gasteiger partial charge on any atom is -0.461 e. The summed E-state index contributed by atoms with van der Waals surface area (Å²) in [6.45, 7) is -0.767. The number of hydrogen-bond donors (Lipinski definition) is 3. The first-order chi connectivity index (χ1) is 10.6. The van der Waals surface area contributed by atoms with Gasteiger partial charge in [0.15, 0.2) is 6.17 Å². The second-order valence-corrected chi connectivity index (χ2v) is 5.82. The molecule has 0 radical (unpaired) electrons. The minimum absolute atomic E-state index is 0.141. The largest absolute Gasteiger partial charge is 0.461 e. The van der Waals surface area contributed by atoms with Crippen LogP contribution in [0.5, 0.6) is 5.75 Å². The smallest absolute Gasteiger partial charge is 0.420 e. The monoisotopic (exact) mass is 404 g/mol. The van der Waals surface area contributed by atoms with Crippen molar-refractivity contribution in [3.63, 3.8) is 0 Å². The first-order valence-electron chi connectivity index (χ1n) is 6.45. The summed E-state index contributed by atoms with van der Waals surface area (Å²) in [5, 5.41) is 28.0. The molecule has 5 atom stereocenters. The van der Waals surface area contributed by atoms with Crippen molar-refractivity contribution in [2.24, 2.45) is 0 Å². The lowest BCUT2D eigenvalue weighted by molar-refractivity contribution is -0.262. The van der Waals surface area contributed by atoms with Crippen molar-refractivity contribution < 1.29 is 42.4 Å². The molecular weight excluding hydrogens is 392 g/mol. The lowest BCUT2D eigenvalue weighted by Crippen LogP contribution is -2.58. The van der Waals surface area contributed by atoms with E-state index in [1.54, 1.807) is 0 Å². The second-order valence-electron chi connectivity index (χ2n) is 4.91. The Morgan fingerprint density at radius 2 is 1.87 bits per heavy atom. The number of alkyl halides is 4. The van der Waals surface area contributed by atoms with E-state index in [2.05, 4.69) is 15.9 Å². The van der Waals surface area contributed by atoms with Crippen LogP contribution in [0.25, 0.3) is 0 Å². The fourth-order valence-corrected chi connectivity index (χ4v) is 2.45. The summed E-state index contributed by atoms with van der Waals surface area (Å²) >= 11 is 2.90. The number of halogens is 5. The van der Waals surface area contributed by atoms with E-state index < -0.39 is 54.9 Å². The molecule has 0 amide bonds. The maximum absolute atomic E-state index is 14.0. The molecule has 2 rings (SSSR count).